The zero-order valence-corrected chi connectivity index (χ0v) is 17.8. The number of amides is 1. The third-order valence-corrected chi connectivity index (χ3v) is 5.68. The molecule has 0 saturated carbocycles. The van der Waals surface area contributed by atoms with Gasteiger partial charge in [-0.15, -0.1) is 0 Å². The van der Waals surface area contributed by atoms with E-state index in [0.29, 0.717) is 41.4 Å². The summed E-state index contributed by atoms with van der Waals surface area (Å²) >= 11 is 0. The molecule has 8 nitrogen and oxygen atoms in total. The number of nitrogens with one attached hydrogen (secondary N) is 1. The topological polar surface area (TPSA) is 93.8 Å². The number of carbonyl (C=O) groups is 1. The number of ether oxygens (including phenoxy) is 3. The van der Waals surface area contributed by atoms with Crippen LogP contribution in [0, 0.1) is 0 Å². The number of benzene rings is 1. The van der Waals surface area contributed by atoms with Gasteiger partial charge in [0.15, 0.2) is 11.5 Å². The van der Waals surface area contributed by atoms with Crippen LogP contribution in [0.1, 0.15) is 34.8 Å². The van der Waals surface area contributed by atoms with E-state index in [1.807, 2.05) is 18.2 Å². The van der Waals surface area contributed by atoms with E-state index >= 15 is 0 Å². The molecular weight excluding hydrogens is 398 g/mol. The highest BCUT2D eigenvalue weighted by molar-refractivity contribution is 5.95. The molecular formula is C23H25N3O5. The van der Waals surface area contributed by atoms with Crippen molar-refractivity contribution in [1.82, 2.24) is 14.9 Å². The average Bonchev–Trinajstić information content (AvgIpc) is 2.82. The molecule has 2 aromatic heterocycles. The minimum Gasteiger partial charge on any atom is -0.493 e. The number of carbonyl (C=O) groups excluding carboxylic acids is 1. The fraction of sp³-hybridized carbons (Fsp3) is 0.348. The first-order valence-corrected chi connectivity index (χ1v) is 10.1. The number of nitrogens with zero attached hydrogens (tertiary/aromatic N) is 2. The Balaban J connectivity index is 1.62. The molecule has 0 spiro atoms. The molecule has 1 amide bonds. The van der Waals surface area contributed by atoms with Crippen molar-refractivity contribution in [2.75, 3.05) is 34.4 Å². The predicted molar refractivity (Wildman–Crippen MR) is 116 cm³/mol. The summed E-state index contributed by atoms with van der Waals surface area (Å²) in [6.45, 7) is 1.16. The van der Waals surface area contributed by atoms with Crippen LogP contribution in [0.5, 0.6) is 17.2 Å². The summed E-state index contributed by atoms with van der Waals surface area (Å²) < 4.78 is 16.1. The van der Waals surface area contributed by atoms with Crippen LogP contribution in [0.25, 0.3) is 10.9 Å². The number of hydrogen-bond acceptors (Lipinski definition) is 6. The maximum Gasteiger partial charge on any atom is 0.274 e. The van der Waals surface area contributed by atoms with E-state index in [-0.39, 0.29) is 17.4 Å². The van der Waals surface area contributed by atoms with Crippen molar-refractivity contribution in [1.29, 1.82) is 0 Å². The van der Waals surface area contributed by atoms with Gasteiger partial charge >= 0.3 is 0 Å². The lowest BCUT2D eigenvalue weighted by Crippen LogP contribution is -2.39. The summed E-state index contributed by atoms with van der Waals surface area (Å²) in [6, 6.07) is 8.98. The lowest BCUT2D eigenvalue weighted by atomic mass is 9.93. The second-order valence-electron chi connectivity index (χ2n) is 7.50. The number of aromatic amines is 1. The second-order valence-corrected chi connectivity index (χ2v) is 7.50. The van der Waals surface area contributed by atoms with E-state index in [4.69, 9.17) is 14.2 Å². The third kappa shape index (κ3) is 3.93. The van der Waals surface area contributed by atoms with Crippen LogP contribution in [0.2, 0.25) is 0 Å². The zero-order chi connectivity index (χ0) is 22.0. The van der Waals surface area contributed by atoms with E-state index in [0.717, 1.165) is 23.9 Å². The fourth-order valence-corrected chi connectivity index (χ4v) is 4.14. The molecule has 1 aliphatic rings. The number of aromatic nitrogens is 2. The van der Waals surface area contributed by atoms with Crippen LogP contribution in [-0.2, 0) is 0 Å². The molecule has 1 fully saturated rings. The van der Waals surface area contributed by atoms with E-state index in [1.165, 1.54) is 21.3 Å². The van der Waals surface area contributed by atoms with Crippen LogP contribution in [0.15, 0.2) is 41.3 Å². The molecule has 4 rings (SSSR count). The van der Waals surface area contributed by atoms with Gasteiger partial charge in [-0.05, 0) is 37.1 Å². The number of piperidine rings is 1. The van der Waals surface area contributed by atoms with Crippen molar-refractivity contribution >= 4 is 16.8 Å². The summed E-state index contributed by atoms with van der Waals surface area (Å²) in [5.74, 6) is 1.24. The SMILES string of the molecule is COc1cc(C(=O)N2CCC[C@@H](c3cc4cccnc4c(=O)[nH]3)C2)cc(OC)c1OC. The number of methoxy groups -OCH3 is 3. The van der Waals surface area contributed by atoms with Gasteiger partial charge in [0.25, 0.3) is 11.5 Å². The van der Waals surface area contributed by atoms with Gasteiger partial charge in [0.05, 0.1) is 21.3 Å². The zero-order valence-electron chi connectivity index (χ0n) is 17.8. The minimum atomic E-state index is -0.207. The Morgan fingerprint density at radius 1 is 1.13 bits per heavy atom. The van der Waals surface area contributed by atoms with Crippen LogP contribution in [0.4, 0.5) is 0 Å². The molecule has 1 saturated heterocycles. The van der Waals surface area contributed by atoms with Crippen molar-refractivity contribution in [3.63, 3.8) is 0 Å². The largest absolute Gasteiger partial charge is 0.493 e. The first kappa shape index (κ1) is 20.7. The van der Waals surface area contributed by atoms with Crippen LogP contribution in [0.3, 0.4) is 0 Å². The lowest BCUT2D eigenvalue weighted by molar-refractivity contribution is 0.0705. The number of hydrogen-bond donors (Lipinski definition) is 1. The summed E-state index contributed by atoms with van der Waals surface area (Å²) in [5.41, 5.74) is 1.51. The highest BCUT2D eigenvalue weighted by atomic mass is 16.5. The van der Waals surface area contributed by atoms with Gasteiger partial charge in [0.2, 0.25) is 5.75 Å². The molecule has 31 heavy (non-hydrogen) atoms. The summed E-state index contributed by atoms with van der Waals surface area (Å²) in [5, 5.41) is 0.800. The summed E-state index contributed by atoms with van der Waals surface area (Å²) in [7, 11) is 4.57. The normalized spacial score (nSPS) is 16.2. The molecule has 1 aliphatic heterocycles. The standard InChI is InChI=1S/C23H25N3O5/c1-29-18-11-16(12-19(30-2)21(18)31-3)23(28)26-9-5-7-15(13-26)17-10-14-6-4-8-24-20(14)22(27)25-17/h4,6,8,10-12,15H,5,7,9,13H2,1-3H3,(H,25,27)/t15-/m1/s1. The van der Waals surface area contributed by atoms with Gasteiger partial charge in [-0.1, -0.05) is 6.07 Å². The van der Waals surface area contributed by atoms with Crippen LogP contribution in [-0.4, -0.2) is 55.2 Å². The molecule has 8 heteroatoms. The van der Waals surface area contributed by atoms with Crippen LogP contribution >= 0.6 is 0 Å². The average molecular weight is 423 g/mol. The maximum atomic E-state index is 13.3. The van der Waals surface area contributed by atoms with Crippen molar-refractivity contribution < 1.29 is 19.0 Å². The Morgan fingerprint density at radius 3 is 2.55 bits per heavy atom. The Kier molecular flexibility index (Phi) is 5.79. The molecule has 3 aromatic rings. The Morgan fingerprint density at radius 2 is 1.87 bits per heavy atom. The van der Waals surface area contributed by atoms with Gasteiger partial charge < -0.3 is 24.1 Å². The molecule has 1 aromatic carbocycles. The molecule has 1 N–H and O–H groups in total. The number of likely N-dealkylation sites (tertiary alicyclic amines) is 1. The van der Waals surface area contributed by atoms with Crippen molar-refractivity contribution in [3.05, 3.63) is 58.1 Å². The Bertz CT molecular complexity index is 1150. The number of rotatable bonds is 5. The van der Waals surface area contributed by atoms with E-state index in [9.17, 15) is 9.59 Å². The molecule has 0 aliphatic carbocycles. The fourth-order valence-electron chi connectivity index (χ4n) is 4.14. The first-order chi connectivity index (χ1) is 15.0. The van der Waals surface area contributed by atoms with Crippen molar-refractivity contribution in [2.24, 2.45) is 0 Å². The monoisotopic (exact) mass is 423 g/mol. The predicted octanol–water partition coefficient (Wildman–Crippen LogP) is 2.97. The molecule has 162 valence electrons. The van der Waals surface area contributed by atoms with Gasteiger partial charge in [-0.2, -0.15) is 0 Å². The van der Waals surface area contributed by atoms with Crippen molar-refractivity contribution in [2.45, 2.75) is 18.8 Å². The van der Waals surface area contributed by atoms with E-state index in [1.54, 1.807) is 23.2 Å². The van der Waals surface area contributed by atoms with Crippen molar-refractivity contribution in [3.8, 4) is 17.2 Å². The maximum absolute atomic E-state index is 13.3. The van der Waals surface area contributed by atoms with Gasteiger partial charge in [0, 0.05) is 41.8 Å². The third-order valence-electron chi connectivity index (χ3n) is 5.68. The summed E-state index contributed by atoms with van der Waals surface area (Å²) in [6.07, 6.45) is 3.34. The van der Waals surface area contributed by atoms with Gasteiger partial charge in [-0.25, -0.2) is 0 Å². The minimum absolute atomic E-state index is 0.0389. The molecule has 1 atom stereocenters. The summed E-state index contributed by atoms with van der Waals surface area (Å²) in [4.78, 5) is 34.6. The van der Waals surface area contributed by atoms with Gasteiger partial charge in [-0.3, -0.25) is 14.6 Å². The smallest absolute Gasteiger partial charge is 0.274 e. The number of fused-ring (bicyclic) bond motifs is 1. The molecule has 0 unspecified atom stereocenters. The van der Waals surface area contributed by atoms with Gasteiger partial charge in [0.1, 0.15) is 5.52 Å². The molecule has 0 radical (unpaired) electrons. The Hall–Kier alpha value is -3.55. The quantitative estimate of drug-likeness (QED) is 0.678. The second kappa shape index (κ2) is 8.67. The highest BCUT2D eigenvalue weighted by Gasteiger charge is 2.28. The Labute approximate surface area is 179 Å². The van der Waals surface area contributed by atoms with E-state index < -0.39 is 0 Å². The van der Waals surface area contributed by atoms with E-state index in [2.05, 4.69) is 9.97 Å². The molecule has 3 heterocycles. The number of H-pyrrole nitrogens is 1. The first-order valence-electron chi connectivity index (χ1n) is 10.1. The lowest BCUT2D eigenvalue weighted by Gasteiger charge is -2.33. The number of pyridine rings is 2. The van der Waals surface area contributed by atoms with Crippen LogP contribution < -0.4 is 19.8 Å². The highest BCUT2D eigenvalue weighted by Crippen LogP contribution is 2.39. The molecule has 0 bridgehead atoms.